The van der Waals surface area contributed by atoms with Gasteiger partial charge in [0.1, 0.15) is 0 Å². The van der Waals surface area contributed by atoms with Gasteiger partial charge < -0.3 is 15.4 Å². The summed E-state index contributed by atoms with van der Waals surface area (Å²) in [6.07, 6.45) is 1.02. The molecule has 70 valence electrons. The highest BCUT2D eigenvalue weighted by Gasteiger charge is 2.02. The topological polar surface area (TPSA) is 79.4 Å². The van der Waals surface area contributed by atoms with Crippen LogP contribution in [0.3, 0.4) is 0 Å². The van der Waals surface area contributed by atoms with Crippen molar-refractivity contribution >= 4 is 11.9 Å². The zero-order valence-corrected chi connectivity index (χ0v) is 7.46. The van der Waals surface area contributed by atoms with Gasteiger partial charge in [0, 0.05) is 20.0 Å². The summed E-state index contributed by atoms with van der Waals surface area (Å²) in [6, 6.07) is 0. The van der Waals surface area contributed by atoms with Gasteiger partial charge in [-0.05, 0) is 6.42 Å². The molecule has 0 bridgehead atoms. The number of rotatable bonds is 4. The summed E-state index contributed by atoms with van der Waals surface area (Å²) in [4.78, 5) is 12.2. The molecule has 0 aromatic rings. The van der Waals surface area contributed by atoms with Crippen LogP contribution >= 0.6 is 0 Å². The van der Waals surface area contributed by atoms with E-state index in [9.17, 15) is 4.79 Å². The van der Waals surface area contributed by atoms with E-state index >= 15 is 0 Å². The van der Waals surface area contributed by atoms with Crippen molar-refractivity contribution in [1.82, 2.24) is 4.90 Å². The van der Waals surface area contributed by atoms with Gasteiger partial charge in [-0.15, -0.1) is 0 Å². The molecule has 0 rings (SSSR count). The van der Waals surface area contributed by atoms with Gasteiger partial charge >= 0.3 is 5.97 Å². The summed E-state index contributed by atoms with van der Waals surface area (Å²) < 4.78 is 4.45. The molecule has 0 aliphatic carbocycles. The predicted molar refractivity (Wildman–Crippen MR) is 45.8 cm³/mol. The monoisotopic (exact) mass is 173 g/mol. The molecule has 0 aromatic carbocycles. The van der Waals surface area contributed by atoms with Gasteiger partial charge in [-0.3, -0.25) is 10.2 Å². The van der Waals surface area contributed by atoms with E-state index in [-0.39, 0.29) is 11.9 Å². The van der Waals surface area contributed by atoms with E-state index in [2.05, 4.69) is 4.74 Å². The molecule has 5 heteroatoms. The molecule has 0 fully saturated rings. The Balaban J connectivity index is 3.43. The maximum absolute atomic E-state index is 10.6. The Morgan fingerprint density at radius 2 is 2.25 bits per heavy atom. The number of nitrogens with two attached hydrogens (primary N) is 1. The van der Waals surface area contributed by atoms with Gasteiger partial charge in [-0.2, -0.15) is 0 Å². The van der Waals surface area contributed by atoms with Crippen molar-refractivity contribution in [3.63, 3.8) is 0 Å². The van der Waals surface area contributed by atoms with Crippen molar-refractivity contribution in [2.24, 2.45) is 5.73 Å². The van der Waals surface area contributed by atoms with Gasteiger partial charge in [-0.25, -0.2) is 0 Å². The number of carbonyl (C=O) groups is 1. The molecule has 0 amide bonds. The van der Waals surface area contributed by atoms with Crippen LogP contribution in [-0.2, 0) is 9.53 Å². The number of ether oxygens (including phenoxy) is 1. The molecule has 0 spiro atoms. The van der Waals surface area contributed by atoms with Gasteiger partial charge in [0.15, 0.2) is 5.96 Å². The molecule has 5 nitrogen and oxygen atoms in total. The van der Waals surface area contributed by atoms with Crippen LogP contribution in [0, 0.1) is 5.41 Å². The van der Waals surface area contributed by atoms with Gasteiger partial charge in [-0.1, -0.05) is 0 Å². The fraction of sp³-hybridized carbons (Fsp3) is 0.714. The average molecular weight is 173 g/mol. The van der Waals surface area contributed by atoms with Crippen LogP contribution in [0.4, 0.5) is 0 Å². The molecule has 0 saturated heterocycles. The summed E-state index contributed by atoms with van der Waals surface area (Å²) in [5.41, 5.74) is 5.18. The minimum Gasteiger partial charge on any atom is -0.469 e. The molecular weight excluding hydrogens is 158 g/mol. The quantitative estimate of drug-likeness (QED) is 0.349. The predicted octanol–water partition coefficient (Wildman–Crippen LogP) is -0.235. The number of guanidine groups is 1. The van der Waals surface area contributed by atoms with Crippen LogP contribution in [-0.4, -0.2) is 37.5 Å². The van der Waals surface area contributed by atoms with Gasteiger partial charge in [0.2, 0.25) is 0 Å². The lowest BCUT2D eigenvalue weighted by atomic mass is 10.3. The number of esters is 1. The largest absolute Gasteiger partial charge is 0.469 e. The third-order valence-electron chi connectivity index (χ3n) is 1.51. The number of hydrogen-bond donors (Lipinski definition) is 2. The molecule has 0 aliphatic heterocycles. The lowest BCUT2D eigenvalue weighted by Crippen LogP contribution is -2.33. The zero-order chi connectivity index (χ0) is 9.56. The first-order chi connectivity index (χ1) is 5.57. The molecule has 0 radical (unpaired) electrons. The van der Waals surface area contributed by atoms with Crippen molar-refractivity contribution in [3.8, 4) is 0 Å². The summed E-state index contributed by atoms with van der Waals surface area (Å²) in [6.45, 7) is 0.602. The number of hydrogen-bond acceptors (Lipinski definition) is 3. The summed E-state index contributed by atoms with van der Waals surface area (Å²) in [5.74, 6) is -0.216. The normalized spacial score (nSPS) is 9.17. The standard InChI is InChI=1S/C7H15N3O2/c1-10(7(8)9)5-3-4-6(11)12-2/h3-5H2,1-2H3,(H3,8,9). The van der Waals surface area contributed by atoms with E-state index < -0.39 is 0 Å². The third-order valence-corrected chi connectivity index (χ3v) is 1.51. The molecule has 0 unspecified atom stereocenters. The Bertz CT molecular complexity index is 170. The molecule has 0 saturated carbocycles. The van der Waals surface area contributed by atoms with Crippen LogP contribution in [0.5, 0.6) is 0 Å². The highest BCUT2D eigenvalue weighted by Crippen LogP contribution is 1.93. The summed E-state index contributed by atoms with van der Waals surface area (Å²) in [5, 5.41) is 7.02. The van der Waals surface area contributed by atoms with Gasteiger partial charge in [0.25, 0.3) is 0 Å². The summed E-state index contributed by atoms with van der Waals surface area (Å²) in [7, 11) is 3.07. The molecule has 3 N–H and O–H groups in total. The van der Waals surface area contributed by atoms with E-state index in [1.165, 1.54) is 7.11 Å². The molecular formula is C7H15N3O2. The Labute approximate surface area is 72.0 Å². The third kappa shape index (κ3) is 4.54. The van der Waals surface area contributed by atoms with Crippen molar-refractivity contribution < 1.29 is 9.53 Å². The molecule has 0 aliphatic rings. The first-order valence-electron chi connectivity index (χ1n) is 3.70. The molecule has 12 heavy (non-hydrogen) atoms. The zero-order valence-electron chi connectivity index (χ0n) is 7.46. The highest BCUT2D eigenvalue weighted by molar-refractivity contribution is 5.74. The van der Waals surface area contributed by atoms with E-state index in [1.807, 2.05) is 0 Å². The van der Waals surface area contributed by atoms with Crippen LogP contribution in [0.2, 0.25) is 0 Å². The van der Waals surface area contributed by atoms with Crippen LogP contribution in [0.15, 0.2) is 0 Å². The molecule has 0 heterocycles. The van der Waals surface area contributed by atoms with E-state index in [0.29, 0.717) is 19.4 Å². The van der Waals surface area contributed by atoms with Crippen molar-refractivity contribution in [1.29, 1.82) is 5.41 Å². The number of methoxy groups -OCH3 is 1. The van der Waals surface area contributed by atoms with Crippen LogP contribution < -0.4 is 5.73 Å². The second-order valence-corrected chi connectivity index (χ2v) is 2.49. The minimum atomic E-state index is -0.230. The number of nitrogens with zero attached hydrogens (tertiary/aromatic N) is 1. The Morgan fingerprint density at radius 1 is 1.67 bits per heavy atom. The van der Waals surface area contributed by atoms with Crippen molar-refractivity contribution in [2.75, 3.05) is 20.7 Å². The average Bonchev–Trinajstić information content (AvgIpc) is 2.03. The fourth-order valence-corrected chi connectivity index (χ4v) is 0.683. The van der Waals surface area contributed by atoms with E-state index in [0.717, 1.165) is 0 Å². The maximum atomic E-state index is 10.6. The molecule has 0 atom stereocenters. The molecule has 0 aromatic heterocycles. The Kier molecular flexibility index (Phi) is 4.83. The maximum Gasteiger partial charge on any atom is 0.305 e. The van der Waals surface area contributed by atoms with E-state index in [4.69, 9.17) is 11.1 Å². The first-order valence-corrected chi connectivity index (χ1v) is 3.70. The number of carbonyl (C=O) groups excluding carboxylic acids is 1. The minimum absolute atomic E-state index is 0.0138. The SMILES string of the molecule is COC(=O)CCCN(C)C(=N)N. The van der Waals surface area contributed by atoms with Crippen LogP contribution in [0.25, 0.3) is 0 Å². The van der Waals surface area contributed by atoms with Crippen molar-refractivity contribution in [2.45, 2.75) is 12.8 Å². The first kappa shape index (κ1) is 10.7. The van der Waals surface area contributed by atoms with Gasteiger partial charge in [0.05, 0.1) is 7.11 Å². The lowest BCUT2D eigenvalue weighted by Gasteiger charge is -2.15. The summed E-state index contributed by atoms with van der Waals surface area (Å²) >= 11 is 0. The highest BCUT2D eigenvalue weighted by atomic mass is 16.5. The van der Waals surface area contributed by atoms with E-state index in [1.54, 1.807) is 11.9 Å². The Hall–Kier alpha value is -1.26. The lowest BCUT2D eigenvalue weighted by molar-refractivity contribution is -0.140. The second-order valence-electron chi connectivity index (χ2n) is 2.49. The Morgan fingerprint density at radius 3 is 2.67 bits per heavy atom. The fourth-order valence-electron chi connectivity index (χ4n) is 0.683. The second kappa shape index (κ2) is 5.40. The van der Waals surface area contributed by atoms with Crippen molar-refractivity contribution in [3.05, 3.63) is 0 Å². The smallest absolute Gasteiger partial charge is 0.305 e. The van der Waals surface area contributed by atoms with Crippen LogP contribution in [0.1, 0.15) is 12.8 Å². The number of nitrogens with one attached hydrogen (secondary N) is 1.